The molecule has 276 valence electrons. The summed E-state index contributed by atoms with van der Waals surface area (Å²) < 4.78 is 2.63. The van der Waals surface area contributed by atoms with Crippen molar-refractivity contribution in [3.05, 3.63) is 231 Å². The maximum Gasteiger partial charge on any atom is 0.0548 e. The number of hydrogen-bond acceptors (Lipinski definition) is 4. The molecular weight excluding hydrogens is 741 g/mol. The van der Waals surface area contributed by atoms with Gasteiger partial charge in [-0.25, -0.2) is 0 Å². The van der Waals surface area contributed by atoms with Crippen LogP contribution in [0.1, 0.15) is 0 Å². The first kappa shape index (κ1) is 35.4. The summed E-state index contributed by atoms with van der Waals surface area (Å²) in [6, 6.07) is 82.5. The molecule has 2 heterocycles. The molecular formula is C54H38N2S2. The predicted octanol–water partition coefficient (Wildman–Crippen LogP) is 16.6. The van der Waals surface area contributed by atoms with Crippen molar-refractivity contribution < 1.29 is 0 Å². The molecule has 0 aliphatic rings. The first-order valence-corrected chi connectivity index (χ1v) is 21.1. The van der Waals surface area contributed by atoms with Gasteiger partial charge in [0.15, 0.2) is 0 Å². The third kappa shape index (κ3) is 6.79. The van der Waals surface area contributed by atoms with Crippen molar-refractivity contribution in [2.24, 2.45) is 0 Å². The maximum absolute atomic E-state index is 2.32. The Kier molecular flexibility index (Phi) is 9.70. The Labute approximate surface area is 347 Å². The number of para-hydroxylation sites is 4. The van der Waals surface area contributed by atoms with Gasteiger partial charge in [0.2, 0.25) is 0 Å². The molecule has 8 aromatic carbocycles. The lowest BCUT2D eigenvalue weighted by Crippen LogP contribution is -2.09. The summed E-state index contributed by atoms with van der Waals surface area (Å²) in [4.78, 5) is 7.22. The molecule has 0 spiro atoms. The predicted molar refractivity (Wildman–Crippen MR) is 251 cm³/mol. The molecule has 2 nitrogen and oxygen atoms in total. The summed E-state index contributed by atoms with van der Waals surface area (Å²) in [7, 11) is 0. The second kappa shape index (κ2) is 15.9. The number of anilines is 6. The molecule has 4 heteroatoms. The Hall–Kier alpha value is -6.98. The molecule has 10 rings (SSSR count). The lowest BCUT2D eigenvalue weighted by atomic mass is 9.99. The van der Waals surface area contributed by atoms with E-state index >= 15 is 0 Å². The molecule has 10 aromatic rings. The van der Waals surface area contributed by atoms with E-state index in [2.05, 4.69) is 240 Å². The molecule has 0 radical (unpaired) electrons. The van der Waals surface area contributed by atoms with E-state index in [-0.39, 0.29) is 0 Å². The van der Waals surface area contributed by atoms with Gasteiger partial charge in [-0.3, -0.25) is 0 Å². The summed E-state index contributed by atoms with van der Waals surface area (Å²) in [5.74, 6) is 0. The van der Waals surface area contributed by atoms with E-state index in [9.17, 15) is 0 Å². The van der Waals surface area contributed by atoms with Crippen molar-refractivity contribution >= 4 is 66.2 Å². The molecule has 58 heavy (non-hydrogen) atoms. The third-order valence-electron chi connectivity index (χ3n) is 10.5. The van der Waals surface area contributed by atoms with Crippen LogP contribution >= 0.6 is 22.7 Å². The van der Waals surface area contributed by atoms with Crippen LogP contribution in [0.4, 0.5) is 34.1 Å². The lowest BCUT2D eigenvalue weighted by molar-refractivity contribution is 1.28. The summed E-state index contributed by atoms with van der Waals surface area (Å²) in [6.07, 6.45) is 0. The van der Waals surface area contributed by atoms with Crippen LogP contribution < -0.4 is 9.80 Å². The number of nitrogens with zero attached hydrogens (tertiary/aromatic N) is 2. The van der Waals surface area contributed by atoms with Gasteiger partial charge in [-0.15, -0.1) is 22.7 Å². The van der Waals surface area contributed by atoms with E-state index in [0.717, 1.165) is 34.1 Å². The lowest BCUT2D eigenvalue weighted by Gasteiger charge is -2.25. The van der Waals surface area contributed by atoms with Crippen LogP contribution in [-0.2, 0) is 0 Å². The van der Waals surface area contributed by atoms with Gasteiger partial charge in [0.25, 0.3) is 0 Å². The van der Waals surface area contributed by atoms with E-state index in [1.807, 2.05) is 22.7 Å². The molecule has 0 bridgehead atoms. The van der Waals surface area contributed by atoms with E-state index in [1.165, 1.54) is 52.5 Å². The smallest absolute Gasteiger partial charge is 0.0548 e. The van der Waals surface area contributed by atoms with Crippen LogP contribution in [0.5, 0.6) is 0 Å². The zero-order valence-corrected chi connectivity index (χ0v) is 33.3. The van der Waals surface area contributed by atoms with Gasteiger partial charge in [-0.05, 0) is 95.1 Å². The van der Waals surface area contributed by atoms with Crippen LogP contribution in [0.15, 0.2) is 231 Å². The fourth-order valence-electron chi connectivity index (χ4n) is 7.80. The summed E-state index contributed by atoms with van der Waals surface area (Å²) >= 11 is 3.81. The van der Waals surface area contributed by atoms with Crippen molar-refractivity contribution in [3.8, 4) is 43.1 Å². The van der Waals surface area contributed by atoms with E-state index in [4.69, 9.17) is 0 Å². The van der Waals surface area contributed by atoms with Crippen molar-refractivity contribution in [1.82, 2.24) is 0 Å². The molecule has 0 N–H and O–H groups in total. The number of fused-ring (bicyclic) bond motifs is 1. The average Bonchev–Trinajstić information content (AvgIpc) is 3.86. The minimum atomic E-state index is 1.12. The fourth-order valence-corrected chi connectivity index (χ4v) is 10.8. The first-order valence-electron chi connectivity index (χ1n) is 19.5. The largest absolute Gasteiger partial charge is 0.311 e. The summed E-state index contributed by atoms with van der Waals surface area (Å²) in [5, 5.41) is 0. The Morgan fingerprint density at radius 3 is 0.741 bits per heavy atom. The molecule has 0 aliphatic carbocycles. The zero-order chi connectivity index (χ0) is 38.7. The topological polar surface area (TPSA) is 6.48 Å². The van der Waals surface area contributed by atoms with E-state index in [0.29, 0.717) is 0 Å². The van der Waals surface area contributed by atoms with Gasteiger partial charge in [0, 0.05) is 55.0 Å². The van der Waals surface area contributed by atoms with Crippen LogP contribution in [0.25, 0.3) is 52.5 Å². The van der Waals surface area contributed by atoms with Crippen LogP contribution in [0, 0.1) is 0 Å². The molecule has 0 amide bonds. The Morgan fingerprint density at radius 2 is 0.466 bits per heavy atom. The van der Waals surface area contributed by atoms with Crippen molar-refractivity contribution in [1.29, 1.82) is 0 Å². The molecule has 0 unspecified atom stereocenters. The van der Waals surface area contributed by atoms with Crippen molar-refractivity contribution in [3.63, 3.8) is 0 Å². The highest BCUT2D eigenvalue weighted by Gasteiger charge is 2.25. The summed E-state index contributed by atoms with van der Waals surface area (Å²) in [6.45, 7) is 0. The zero-order valence-electron chi connectivity index (χ0n) is 31.7. The van der Waals surface area contributed by atoms with Crippen molar-refractivity contribution in [2.75, 3.05) is 9.80 Å². The molecule has 0 atom stereocenters. The van der Waals surface area contributed by atoms with Gasteiger partial charge in [-0.2, -0.15) is 0 Å². The van der Waals surface area contributed by atoms with E-state index in [1.54, 1.807) is 0 Å². The number of benzene rings is 8. The second-order valence-corrected chi connectivity index (χ2v) is 16.2. The highest BCUT2D eigenvalue weighted by atomic mass is 32.1. The van der Waals surface area contributed by atoms with Gasteiger partial charge in [0.05, 0.1) is 9.40 Å². The van der Waals surface area contributed by atoms with Crippen LogP contribution in [-0.4, -0.2) is 0 Å². The average molecular weight is 779 g/mol. The minimum Gasteiger partial charge on any atom is -0.311 e. The fraction of sp³-hybridized carbons (Fsp3) is 0. The van der Waals surface area contributed by atoms with Gasteiger partial charge < -0.3 is 9.80 Å². The summed E-state index contributed by atoms with van der Waals surface area (Å²) in [5.41, 5.74) is 14.2. The molecule has 0 saturated heterocycles. The number of rotatable bonds is 10. The highest BCUT2D eigenvalue weighted by molar-refractivity contribution is 7.33. The molecule has 0 fully saturated rings. The van der Waals surface area contributed by atoms with Crippen molar-refractivity contribution in [2.45, 2.75) is 0 Å². The SMILES string of the molecule is c1ccc(-c2sc3c(-c4ccc(N(c5ccccc5)c5ccccc5)cc4)c(-c4ccccc4)sc3c2-c2ccc(N(c3ccccc3)c3ccccc3)cc2)cc1. The van der Waals surface area contributed by atoms with Crippen LogP contribution in [0.3, 0.4) is 0 Å². The molecule has 0 aliphatic heterocycles. The third-order valence-corrected chi connectivity index (χ3v) is 13.1. The Morgan fingerprint density at radius 1 is 0.224 bits per heavy atom. The maximum atomic E-state index is 2.32. The number of hydrogen-bond donors (Lipinski definition) is 0. The number of thiophene rings is 2. The Balaban J connectivity index is 1.14. The van der Waals surface area contributed by atoms with Gasteiger partial charge >= 0.3 is 0 Å². The quantitative estimate of drug-likeness (QED) is 0.136. The second-order valence-electron chi connectivity index (χ2n) is 14.1. The van der Waals surface area contributed by atoms with E-state index < -0.39 is 0 Å². The molecule has 0 saturated carbocycles. The van der Waals surface area contributed by atoms with Gasteiger partial charge in [-0.1, -0.05) is 158 Å². The standard InChI is InChI=1S/C54H38N2S2/c1-7-19-41(20-8-1)51-49(39-31-35-47(36-32-39)55(43-23-11-3-12-24-43)44-25-13-4-14-26-44)53-54(57-51)50(52(58-53)42-21-9-2-10-22-42)40-33-37-48(38-34-40)56(45-27-15-5-16-28-45)46-29-17-6-18-30-46/h1-38H. The Bertz CT molecular complexity index is 2610. The van der Waals surface area contributed by atoms with Crippen LogP contribution in [0.2, 0.25) is 0 Å². The highest BCUT2D eigenvalue weighted by Crippen LogP contribution is 2.55. The monoisotopic (exact) mass is 778 g/mol. The molecule has 2 aromatic heterocycles. The van der Waals surface area contributed by atoms with Gasteiger partial charge in [0.1, 0.15) is 0 Å². The minimum absolute atomic E-state index is 1.12. The first-order chi connectivity index (χ1) is 28.8. The normalized spacial score (nSPS) is 11.1.